The summed E-state index contributed by atoms with van der Waals surface area (Å²) in [4.78, 5) is 56.8. The quantitative estimate of drug-likeness (QED) is 0.245. The number of rotatable bonds is 9. The number of carbonyl (C=O) groups excluding carboxylic acids is 5. The SMILES string of the molecule is CC(=O)N[C@H]1CC[C@H](NC(=O)CNC(=O)CNC(=O)CNC(=O)CN)CC1. The monoisotopic (exact) mass is 384 g/mol. The summed E-state index contributed by atoms with van der Waals surface area (Å²) in [5.41, 5.74) is 5.08. The van der Waals surface area contributed by atoms with Crippen LogP contribution in [0.5, 0.6) is 0 Å². The lowest BCUT2D eigenvalue weighted by Crippen LogP contribution is -2.47. The molecule has 0 heterocycles. The largest absolute Gasteiger partial charge is 0.354 e. The molecule has 0 aromatic heterocycles. The third-order valence-corrected chi connectivity index (χ3v) is 4.02. The Morgan fingerprint density at radius 1 is 0.704 bits per heavy atom. The van der Waals surface area contributed by atoms with Crippen LogP contribution in [0.3, 0.4) is 0 Å². The zero-order valence-corrected chi connectivity index (χ0v) is 15.4. The average molecular weight is 384 g/mol. The normalized spacial score (nSPS) is 18.7. The highest BCUT2D eigenvalue weighted by molar-refractivity contribution is 5.90. The van der Waals surface area contributed by atoms with Gasteiger partial charge in [-0.25, -0.2) is 0 Å². The number of amides is 5. The summed E-state index contributed by atoms with van der Waals surface area (Å²) in [7, 11) is 0. The maximum atomic E-state index is 11.9. The van der Waals surface area contributed by atoms with Gasteiger partial charge in [0.2, 0.25) is 29.5 Å². The van der Waals surface area contributed by atoms with E-state index in [2.05, 4.69) is 26.6 Å². The summed E-state index contributed by atoms with van der Waals surface area (Å²) in [6, 6.07) is 0.166. The molecule has 0 aliphatic heterocycles. The number of nitrogens with one attached hydrogen (secondary N) is 5. The first-order valence-corrected chi connectivity index (χ1v) is 8.86. The first kappa shape index (κ1) is 22.4. The Labute approximate surface area is 157 Å². The summed E-state index contributed by atoms with van der Waals surface area (Å²) in [6.45, 7) is 0.495. The number of nitrogens with two attached hydrogens (primary N) is 1. The van der Waals surface area contributed by atoms with Crippen molar-refractivity contribution in [3.63, 3.8) is 0 Å². The van der Waals surface area contributed by atoms with Gasteiger partial charge in [0, 0.05) is 19.0 Å². The Balaban J connectivity index is 2.14. The van der Waals surface area contributed by atoms with Crippen LogP contribution in [0, 0.1) is 0 Å². The lowest BCUT2D eigenvalue weighted by molar-refractivity contribution is -0.128. The molecule has 1 rings (SSSR count). The molecule has 0 aromatic carbocycles. The maximum Gasteiger partial charge on any atom is 0.239 e. The Hall–Kier alpha value is -2.69. The molecule has 0 unspecified atom stereocenters. The summed E-state index contributed by atoms with van der Waals surface area (Å²) >= 11 is 0. The molecule has 11 heteroatoms. The first-order chi connectivity index (χ1) is 12.8. The molecule has 11 nitrogen and oxygen atoms in total. The van der Waals surface area contributed by atoms with Gasteiger partial charge < -0.3 is 32.3 Å². The third kappa shape index (κ3) is 10.1. The highest BCUT2D eigenvalue weighted by Crippen LogP contribution is 2.18. The van der Waals surface area contributed by atoms with E-state index in [1.54, 1.807) is 0 Å². The van der Waals surface area contributed by atoms with Gasteiger partial charge >= 0.3 is 0 Å². The molecular formula is C16H28N6O5. The predicted octanol–water partition coefficient (Wildman–Crippen LogP) is -3.14. The standard InChI is InChI=1S/C16H28N6O5/c1-10(23)21-11-2-4-12(5-3-11)22-16(27)9-20-15(26)8-19-14(25)7-18-13(24)6-17/h11-12H,2-9,17H2,1H3,(H,18,24)(H,19,25)(H,20,26)(H,21,23)(H,22,27)/t11-,12-. The maximum absolute atomic E-state index is 11.9. The molecule has 0 saturated heterocycles. The van der Waals surface area contributed by atoms with Crippen LogP contribution in [0.15, 0.2) is 0 Å². The van der Waals surface area contributed by atoms with Gasteiger partial charge in [-0.05, 0) is 25.7 Å². The van der Waals surface area contributed by atoms with Crippen LogP contribution >= 0.6 is 0 Å². The summed E-state index contributed by atoms with van der Waals surface area (Å²) in [5.74, 6) is -1.89. The minimum atomic E-state index is -0.535. The van der Waals surface area contributed by atoms with Crippen molar-refractivity contribution in [2.45, 2.75) is 44.7 Å². The van der Waals surface area contributed by atoms with Gasteiger partial charge in [-0.1, -0.05) is 0 Å². The molecule has 0 aromatic rings. The lowest BCUT2D eigenvalue weighted by atomic mass is 9.91. The molecule has 1 saturated carbocycles. The Kier molecular flexibility index (Phi) is 9.80. The summed E-state index contributed by atoms with van der Waals surface area (Å²) in [5, 5.41) is 12.7. The molecule has 0 radical (unpaired) electrons. The predicted molar refractivity (Wildman–Crippen MR) is 96.1 cm³/mol. The minimum Gasteiger partial charge on any atom is -0.354 e. The van der Waals surface area contributed by atoms with Gasteiger partial charge in [0.25, 0.3) is 0 Å². The zero-order chi connectivity index (χ0) is 20.2. The van der Waals surface area contributed by atoms with E-state index in [0.717, 1.165) is 25.7 Å². The van der Waals surface area contributed by atoms with Gasteiger partial charge in [-0.3, -0.25) is 24.0 Å². The molecule has 0 atom stereocenters. The van der Waals surface area contributed by atoms with Crippen molar-refractivity contribution in [2.24, 2.45) is 5.73 Å². The highest BCUT2D eigenvalue weighted by atomic mass is 16.2. The van der Waals surface area contributed by atoms with Crippen LogP contribution in [0.25, 0.3) is 0 Å². The molecular weight excluding hydrogens is 356 g/mol. The van der Waals surface area contributed by atoms with Crippen molar-refractivity contribution in [3.05, 3.63) is 0 Å². The van der Waals surface area contributed by atoms with E-state index in [9.17, 15) is 24.0 Å². The molecule has 0 spiro atoms. The van der Waals surface area contributed by atoms with E-state index in [-0.39, 0.29) is 50.1 Å². The van der Waals surface area contributed by atoms with Gasteiger partial charge in [0.15, 0.2) is 0 Å². The molecule has 1 aliphatic carbocycles. The van der Waals surface area contributed by atoms with Crippen molar-refractivity contribution < 1.29 is 24.0 Å². The minimum absolute atomic E-state index is 0.0188. The highest BCUT2D eigenvalue weighted by Gasteiger charge is 2.22. The fourth-order valence-electron chi connectivity index (χ4n) is 2.68. The second-order valence-corrected chi connectivity index (χ2v) is 6.35. The fourth-order valence-corrected chi connectivity index (χ4v) is 2.68. The van der Waals surface area contributed by atoms with Crippen molar-refractivity contribution in [3.8, 4) is 0 Å². The van der Waals surface area contributed by atoms with E-state index >= 15 is 0 Å². The Morgan fingerprint density at radius 3 is 1.56 bits per heavy atom. The number of carbonyl (C=O) groups is 5. The van der Waals surface area contributed by atoms with Crippen LogP contribution < -0.4 is 32.3 Å². The van der Waals surface area contributed by atoms with Crippen molar-refractivity contribution in [1.82, 2.24) is 26.6 Å². The molecule has 1 fully saturated rings. The van der Waals surface area contributed by atoms with Crippen LogP contribution in [0.2, 0.25) is 0 Å². The van der Waals surface area contributed by atoms with E-state index in [1.807, 2.05) is 0 Å². The van der Waals surface area contributed by atoms with E-state index in [1.165, 1.54) is 6.92 Å². The molecule has 5 amide bonds. The van der Waals surface area contributed by atoms with Crippen molar-refractivity contribution in [1.29, 1.82) is 0 Å². The van der Waals surface area contributed by atoms with Crippen LogP contribution in [-0.4, -0.2) is 67.8 Å². The van der Waals surface area contributed by atoms with E-state index < -0.39 is 17.7 Å². The van der Waals surface area contributed by atoms with Gasteiger partial charge in [0.05, 0.1) is 26.2 Å². The number of hydrogen-bond donors (Lipinski definition) is 6. The smallest absolute Gasteiger partial charge is 0.239 e. The molecule has 0 bridgehead atoms. The average Bonchev–Trinajstić information content (AvgIpc) is 2.63. The topological polar surface area (TPSA) is 172 Å². The third-order valence-electron chi connectivity index (χ3n) is 4.02. The van der Waals surface area contributed by atoms with Crippen LogP contribution in [0.1, 0.15) is 32.6 Å². The molecule has 7 N–H and O–H groups in total. The molecule has 1 aliphatic rings. The van der Waals surface area contributed by atoms with Gasteiger partial charge in [0.1, 0.15) is 0 Å². The Morgan fingerprint density at radius 2 is 1.11 bits per heavy atom. The van der Waals surface area contributed by atoms with E-state index in [0.29, 0.717) is 0 Å². The second-order valence-electron chi connectivity index (χ2n) is 6.35. The summed E-state index contributed by atoms with van der Waals surface area (Å²) in [6.07, 6.45) is 3.11. The van der Waals surface area contributed by atoms with Crippen molar-refractivity contribution >= 4 is 29.5 Å². The molecule has 152 valence electrons. The first-order valence-electron chi connectivity index (χ1n) is 8.86. The molecule has 27 heavy (non-hydrogen) atoms. The zero-order valence-electron chi connectivity index (χ0n) is 15.4. The van der Waals surface area contributed by atoms with Gasteiger partial charge in [-0.15, -0.1) is 0 Å². The van der Waals surface area contributed by atoms with E-state index in [4.69, 9.17) is 5.73 Å². The van der Waals surface area contributed by atoms with Gasteiger partial charge in [-0.2, -0.15) is 0 Å². The second kappa shape index (κ2) is 11.8. The van der Waals surface area contributed by atoms with Crippen molar-refractivity contribution in [2.75, 3.05) is 26.2 Å². The Bertz CT molecular complexity index is 560. The lowest BCUT2D eigenvalue weighted by Gasteiger charge is -2.29. The fraction of sp³-hybridized carbons (Fsp3) is 0.688. The van der Waals surface area contributed by atoms with Crippen LogP contribution in [-0.2, 0) is 24.0 Å². The summed E-state index contributed by atoms with van der Waals surface area (Å²) < 4.78 is 0. The van der Waals surface area contributed by atoms with Crippen LogP contribution in [0.4, 0.5) is 0 Å². The number of hydrogen-bond acceptors (Lipinski definition) is 6.